The Kier molecular flexibility index (Phi) is 5.63. The molecule has 3 N–H and O–H groups in total. The van der Waals surface area contributed by atoms with Crippen LogP contribution in [-0.4, -0.2) is 24.5 Å². The molecule has 1 aliphatic rings. The standard InChI is InChI=1S/C21H22FN5O/c22-20-10-15(7-9-19(20)16-4-2-1-3-5-16)6-8-17-11-18(28-27-17)12-24-21-25-13-23-14-26-21/h1-5,7,9-11,23H,6,8,12-14H2,(H2,24,25,26). The molecule has 2 heterocycles. The van der Waals surface area contributed by atoms with Gasteiger partial charge in [-0.05, 0) is 30.0 Å². The molecule has 0 saturated heterocycles. The van der Waals surface area contributed by atoms with Crippen molar-refractivity contribution in [3.8, 4) is 11.1 Å². The lowest BCUT2D eigenvalue weighted by Gasteiger charge is -2.15. The highest BCUT2D eigenvalue weighted by atomic mass is 19.1. The van der Waals surface area contributed by atoms with Gasteiger partial charge in [-0.3, -0.25) is 5.32 Å². The summed E-state index contributed by atoms with van der Waals surface area (Å²) in [7, 11) is 0. The summed E-state index contributed by atoms with van der Waals surface area (Å²) in [5.74, 6) is 1.28. The number of halogens is 1. The Morgan fingerprint density at radius 1 is 1.07 bits per heavy atom. The number of aromatic nitrogens is 1. The second kappa shape index (κ2) is 8.67. The smallest absolute Gasteiger partial charge is 0.193 e. The van der Waals surface area contributed by atoms with Crippen molar-refractivity contribution in [2.45, 2.75) is 19.4 Å². The first-order valence-corrected chi connectivity index (χ1v) is 9.29. The molecule has 144 valence electrons. The monoisotopic (exact) mass is 379 g/mol. The average molecular weight is 379 g/mol. The van der Waals surface area contributed by atoms with Crippen molar-refractivity contribution >= 4 is 5.96 Å². The predicted octanol–water partition coefficient (Wildman–Crippen LogP) is 2.82. The molecule has 3 aromatic rings. The van der Waals surface area contributed by atoms with Gasteiger partial charge in [-0.15, -0.1) is 0 Å². The highest BCUT2D eigenvalue weighted by molar-refractivity contribution is 5.80. The maximum atomic E-state index is 14.5. The fraction of sp³-hybridized carbons (Fsp3) is 0.238. The van der Waals surface area contributed by atoms with Gasteiger partial charge in [-0.25, -0.2) is 9.38 Å². The van der Waals surface area contributed by atoms with E-state index in [9.17, 15) is 4.39 Å². The molecule has 0 fully saturated rings. The number of rotatable bonds is 6. The van der Waals surface area contributed by atoms with E-state index < -0.39 is 0 Å². The Morgan fingerprint density at radius 2 is 1.96 bits per heavy atom. The molecule has 7 heteroatoms. The lowest BCUT2D eigenvalue weighted by Crippen LogP contribution is -2.46. The van der Waals surface area contributed by atoms with E-state index in [0.717, 1.165) is 28.5 Å². The van der Waals surface area contributed by atoms with E-state index in [4.69, 9.17) is 4.52 Å². The number of aliphatic imine (C=N–C) groups is 1. The van der Waals surface area contributed by atoms with Crippen LogP contribution < -0.4 is 16.0 Å². The van der Waals surface area contributed by atoms with E-state index in [2.05, 4.69) is 26.1 Å². The van der Waals surface area contributed by atoms with E-state index >= 15 is 0 Å². The molecule has 0 atom stereocenters. The van der Waals surface area contributed by atoms with Crippen molar-refractivity contribution in [2.24, 2.45) is 4.99 Å². The van der Waals surface area contributed by atoms with Gasteiger partial charge < -0.3 is 15.2 Å². The summed E-state index contributed by atoms with van der Waals surface area (Å²) in [6, 6.07) is 16.9. The molecule has 0 amide bonds. The summed E-state index contributed by atoms with van der Waals surface area (Å²) in [4.78, 5) is 4.25. The summed E-state index contributed by atoms with van der Waals surface area (Å²) < 4.78 is 19.8. The zero-order valence-electron chi connectivity index (χ0n) is 15.4. The molecule has 0 bridgehead atoms. The van der Waals surface area contributed by atoms with Crippen molar-refractivity contribution in [1.29, 1.82) is 0 Å². The molecule has 28 heavy (non-hydrogen) atoms. The molecule has 0 saturated carbocycles. The fourth-order valence-electron chi connectivity index (χ4n) is 3.08. The molecule has 0 unspecified atom stereocenters. The summed E-state index contributed by atoms with van der Waals surface area (Å²) in [6.07, 6.45) is 1.39. The van der Waals surface area contributed by atoms with Crippen LogP contribution in [0.25, 0.3) is 11.1 Å². The quantitative estimate of drug-likeness (QED) is 0.614. The molecule has 6 nitrogen and oxygen atoms in total. The van der Waals surface area contributed by atoms with Crippen LogP contribution in [0.3, 0.4) is 0 Å². The van der Waals surface area contributed by atoms with Gasteiger partial charge in [0, 0.05) is 11.6 Å². The first-order chi connectivity index (χ1) is 13.8. The van der Waals surface area contributed by atoms with Crippen LogP contribution in [0.5, 0.6) is 0 Å². The van der Waals surface area contributed by atoms with E-state index in [1.807, 2.05) is 48.5 Å². The van der Waals surface area contributed by atoms with Crippen LogP contribution in [0, 0.1) is 5.82 Å². The van der Waals surface area contributed by atoms with Crippen LogP contribution >= 0.6 is 0 Å². The molecular weight excluding hydrogens is 357 g/mol. The predicted molar refractivity (Wildman–Crippen MR) is 106 cm³/mol. The molecule has 0 spiro atoms. The summed E-state index contributed by atoms with van der Waals surface area (Å²) in [6.45, 7) is 1.79. The summed E-state index contributed by atoms with van der Waals surface area (Å²) in [5.41, 5.74) is 3.29. The third-order valence-corrected chi connectivity index (χ3v) is 4.56. The number of nitrogens with zero attached hydrogens (tertiary/aromatic N) is 2. The Labute approximate surface area is 162 Å². The Morgan fingerprint density at radius 3 is 2.75 bits per heavy atom. The van der Waals surface area contributed by atoms with Crippen LogP contribution in [-0.2, 0) is 19.4 Å². The largest absolute Gasteiger partial charge is 0.359 e. The van der Waals surface area contributed by atoms with Gasteiger partial charge in [-0.1, -0.05) is 47.6 Å². The lowest BCUT2D eigenvalue weighted by atomic mass is 10.0. The van der Waals surface area contributed by atoms with Gasteiger partial charge in [0.15, 0.2) is 11.7 Å². The summed E-state index contributed by atoms with van der Waals surface area (Å²) >= 11 is 0. The van der Waals surface area contributed by atoms with Crippen molar-refractivity contribution in [3.05, 3.63) is 77.4 Å². The minimum atomic E-state index is -0.205. The van der Waals surface area contributed by atoms with Crippen LogP contribution in [0.2, 0.25) is 0 Å². The van der Waals surface area contributed by atoms with Gasteiger partial charge in [0.05, 0.1) is 25.6 Å². The van der Waals surface area contributed by atoms with Crippen molar-refractivity contribution < 1.29 is 8.91 Å². The van der Waals surface area contributed by atoms with Gasteiger partial charge >= 0.3 is 0 Å². The first-order valence-electron chi connectivity index (χ1n) is 9.29. The van der Waals surface area contributed by atoms with Gasteiger partial charge in [-0.2, -0.15) is 0 Å². The third-order valence-electron chi connectivity index (χ3n) is 4.56. The fourth-order valence-corrected chi connectivity index (χ4v) is 3.08. The number of hydrogen-bond donors (Lipinski definition) is 3. The highest BCUT2D eigenvalue weighted by Gasteiger charge is 2.09. The van der Waals surface area contributed by atoms with Gasteiger partial charge in [0.1, 0.15) is 5.82 Å². The van der Waals surface area contributed by atoms with Gasteiger partial charge in [0.2, 0.25) is 0 Å². The Bertz CT molecular complexity index is 954. The minimum Gasteiger partial charge on any atom is -0.359 e. The zero-order valence-corrected chi connectivity index (χ0v) is 15.4. The number of guanidine groups is 1. The molecule has 0 aliphatic carbocycles. The first kappa shape index (κ1) is 18.2. The SMILES string of the molecule is Fc1cc(CCc2cc(CNC3=NCNCN3)on2)ccc1-c1ccccc1. The molecule has 1 aliphatic heterocycles. The van der Waals surface area contributed by atoms with E-state index in [0.29, 0.717) is 38.3 Å². The number of aryl methyl sites for hydroxylation is 2. The number of benzene rings is 2. The van der Waals surface area contributed by atoms with Crippen LogP contribution in [0.1, 0.15) is 17.0 Å². The normalized spacial score (nSPS) is 13.7. The minimum absolute atomic E-state index is 0.205. The Balaban J connectivity index is 1.33. The maximum Gasteiger partial charge on any atom is 0.193 e. The van der Waals surface area contributed by atoms with E-state index in [1.54, 1.807) is 6.07 Å². The summed E-state index contributed by atoms with van der Waals surface area (Å²) in [5, 5.41) is 13.4. The molecule has 4 rings (SSSR count). The molecular formula is C21H22FN5O. The van der Waals surface area contributed by atoms with Crippen LogP contribution in [0.15, 0.2) is 64.1 Å². The maximum absolute atomic E-state index is 14.5. The second-order valence-electron chi connectivity index (χ2n) is 6.59. The zero-order chi connectivity index (χ0) is 19.2. The van der Waals surface area contributed by atoms with Gasteiger partial charge in [0.25, 0.3) is 0 Å². The van der Waals surface area contributed by atoms with Crippen molar-refractivity contribution in [1.82, 2.24) is 21.1 Å². The lowest BCUT2D eigenvalue weighted by molar-refractivity contribution is 0.373. The molecule has 0 radical (unpaired) electrons. The number of hydrogen-bond acceptors (Lipinski definition) is 6. The second-order valence-corrected chi connectivity index (χ2v) is 6.59. The number of nitrogens with one attached hydrogen (secondary N) is 3. The van der Waals surface area contributed by atoms with Crippen LogP contribution in [0.4, 0.5) is 4.39 Å². The topological polar surface area (TPSA) is 74.5 Å². The van der Waals surface area contributed by atoms with E-state index in [1.165, 1.54) is 0 Å². The highest BCUT2D eigenvalue weighted by Crippen LogP contribution is 2.23. The van der Waals surface area contributed by atoms with Crippen molar-refractivity contribution in [2.75, 3.05) is 13.3 Å². The van der Waals surface area contributed by atoms with Crippen molar-refractivity contribution in [3.63, 3.8) is 0 Å². The Hall–Kier alpha value is -3.19. The molecule has 1 aromatic heterocycles. The third kappa shape index (κ3) is 4.55. The molecule has 2 aromatic carbocycles. The average Bonchev–Trinajstić information content (AvgIpc) is 3.20. The van der Waals surface area contributed by atoms with E-state index in [-0.39, 0.29) is 5.82 Å².